The van der Waals surface area contributed by atoms with Crippen molar-refractivity contribution in [1.29, 1.82) is 0 Å². The van der Waals surface area contributed by atoms with E-state index in [1.807, 2.05) is 30.3 Å². The summed E-state index contributed by atoms with van der Waals surface area (Å²) in [6.45, 7) is 2.97. The molecular weight excluding hydrogens is 290 g/mol. The maximum absolute atomic E-state index is 11.6. The SMILES string of the molecule is CCCCCCCCCOC(=O)C(=O)NCCc1ccccc1. The molecule has 4 heteroatoms. The molecule has 0 heterocycles. The third-order valence-electron chi connectivity index (χ3n) is 3.71. The first kappa shape index (κ1) is 19.2. The van der Waals surface area contributed by atoms with E-state index >= 15 is 0 Å². The quantitative estimate of drug-likeness (QED) is 0.385. The van der Waals surface area contributed by atoms with Crippen LogP contribution < -0.4 is 5.32 Å². The first-order valence-electron chi connectivity index (χ1n) is 8.73. The van der Waals surface area contributed by atoms with E-state index in [2.05, 4.69) is 12.2 Å². The average Bonchev–Trinajstić information content (AvgIpc) is 2.58. The van der Waals surface area contributed by atoms with Gasteiger partial charge >= 0.3 is 11.9 Å². The standard InChI is InChI=1S/C19H29NO3/c1-2-3-4-5-6-7-11-16-23-19(22)18(21)20-15-14-17-12-9-8-10-13-17/h8-10,12-13H,2-7,11,14-16H2,1H3,(H,20,21). The van der Waals surface area contributed by atoms with Crippen LogP contribution in [0.2, 0.25) is 0 Å². The van der Waals surface area contributed by atoms with Crippen LogP contribution in [0.4, 0.5) is 0 Å². The number of carbonyl (C=O) groups is 2. The van der Waals surface area contributed by atoms with Crippen LogP contribution in [0.3, 0.4) is 0 Å². The van der Waals surface area contributed by atoms with Crippen LogP contribution in [-0.2, 0) is 20.7 Å². The van der Waals surface area contributed by atoms with Crippen LogP contribution in [0.25, 0.3) is 0 Å². The van der Waals surface area contributed by atoms with Gasteiger partial charge < -0.3 is 10.1 Å². The first-order chi connectivity index (χ1) is 11.2. The van der Waals surface area contributed by atoms with E-state index in [0.29, 0.717) is 19.6 Å². The maximum Gasteiger partial charge on any atom is 0.396 e. The van der Waals surface area contributed by atoms with Gasteiger partial charge in [0, 0.05) is 6.54 Å². The van der Waals surface area contributed by atoms with Crippen molar-refractivity contribution >= 4 is 11.9 Å². The second-order valence-corrected chi connectivity index (χ2v) is 5.75. The van der Waals surface area contributed by atoms with Crippen molar-refractivity contribution < 1.29 is 14.3 Å². The fourth-order valence-corrected chi connectivity index (χ4v) is 2.33. The van der Waals surface area contributed by atoms with Gasteiger partial charge in [0.15, 0.2) is 0 Å². The fourth-order valence-electron chi connectivity index (χ4n) is 2.33. The molecule has 0 radical (unpaired) electrons. The Morgan fingerprint density at radius 3 is 2.30 bits per heavy atom. The van der Waals surface area contributed by atoms with Gasteiger partial charge in [-0.1, -0.05) is 75.8 Å². The summed E-state index contributed by atoms with van der Waals surface area (Å²) in [7, 11) is 0. The number of unbranched alkanes of at least 4 members (excludes halogenated alkanes) is 6. The summed E-state index contributed by atoms with van der Waals surface area (Å²) in [5.74, 6) is -1.42. The van der Waals surface area contributed by atoms with E-state index in [4.69, 9.17) is 4.74 Å². The van der Waals surface area contributed by atoms with Gasteiger partial charge in [-0.3, -0.25) is 4.79 Å². The molecule has 1 aromatic rings. The maximum atomic E-state index is 11.6. The molecule has 0 atom stereocenters. The molecular formula is C19H29NO3. The lowest BCUT2D eigenvalue weighted by molar-refractivity contribution is -0.155. The van der Waals surface area contributed by atoms with Crippen LogP contribution in [0, 0.1) is 0 Å². The van der Waals surface area contributed by atoms with Crippen LogP contribution >= 0.6 is 0 Å². The summed E-state index contributed by atoms with van der Waals surface area (Å²) in [6, 6.07) is 9.83. The summed E-state index contributed by atoms with van der Waals surface area (Å²) >= 11 is 0. The molecule has 0 unspecified atom stereocenters. The van der Waals surface area contributed by atoms with Crippen LogP contribution in [0.5, 0.6) is 0 Å². The number of benzene rings is 1. The van der Waals surface area contributed by atoms with Gasteiger partial charge in [-0.05, 0) is 18.4 Å². The summed E-state index contributed by atoms with van der Waals surface area (Å²) in [5, 5.41) is 2.59. The summed E-state index contributed by atoms with van der Waals surface area (Å²) < 4.78 is 4.98. The Bertz CT molecular complexity index is 445. The van der Waals surface area contributed by atoms with E-state index in [0.717, 1.165) is 18.4 Å². The zero-order chi connectivity index (χ0) is 16.8. The summed E-state index contributed by atoms with van der Waals surface area (Å²) in [5.41, 5.74) is 1.13. The molecule has 0 saturated carbocycles. The van der Waals surface area contributed by atoms with Crippen LogP contribution in [-0.4, -0.2) is 25.0 Å². The van der Waals surface area contributed by atoms with Crippen molar-refractivity contribution in [1.82, 2.24) is 5.32 Å². The highest BCUT2D eigenvalue weighted by atomic mass is 16.5. The molecule has 0 aliphatic heterocycles. The smallest absolute Gasteiger partial charge is 0.396 e. The van der Waals surface area contributed by atoms with Crippen LogP contribution in [0.15, 0.2) is 30.3 Å². The largest absolute Gasteiger partial charge is 0.459 e. The molecule has 128 valence electrons. The molecule has 0 fully saturated rings. The second-order valence-electron chi connectivity index (χ2n) is 5.75. The number of hydrogen-bond donors (Lipinski definition) is 1. The minimum Gasteiger partial charge on any atom is -0.459 e. The number of nitrogens with one attached hydrogen (secondary N) is 1. The van der Waals surface area contributed by atoms with Crippen molar-refractivity contribution in [2.24, 2.45) is 0 Å². The predicted molar refractivity (Wildman–Crippen MR) is 92.1 cm³/mol. The van der Waals surface area contributed by atoms with Gasteiger partial charge in [-0.2, -0.15) is 0 Å². The van der Waals surface area contributed by atoms with E-state index in [1.165, 1.54) is 32.1 Å². The van der Waals surface area contributed by atoms with Gasteiger partial charge in [0.2, 0.25) is 0 Å². The second kappa shape index (κ2) is 12.7. The molecule has 0 aliphatic rings. The third-order valence-corrected chi connectivity index (χ3v) is 3.71. The van der Waals surface area contributed by atoms with E-state index in [1.54, 1.807) is 0 Å². The van der Waals surface area contributed by atoms with Crippen molar-refractivity contribution in [2.45, 2.75) is 58.3 Å². The summed E-state index contributed by atoms with van der Waals surface area (Å²) in [6.07, 6.45) is 8.80. The molecule has 0 saturated heterocycles. The number of amides is 1. The molecule has 1 rings (SSSR count). The predicted octanol–water partition coefficient (Wildman–Crippen LogP) is 3.64. The minimum absolute atomic E-state index is 0.332. The van der Waals surface area contributed by atoms with Crippen molar-refractivity contribution in [2.75, 3.05) is 13.2 Å². The normalized spacial score (nSPS) is 10.3. The molecule has 1 N–H and O–H groups in total. The third kappa shape index (κ3) is 9.72. The zero-order valence-corrected chi connectivity index (χ0v) is 14.2. The van der Waals surface area contributed by atoms with Gasteiger partial charge in [-0.15, -0.1) is 0 Å². The lowest BCUT2D eigenvalue weighted by Gasteiger charge is -2.06. The Kier molecular flexibility index (Phi) is 10.6. The Hall–Kier alpha value is -1.84. The van der Waals surface area contributed by atoms with Gasteiger partial charge in [0.05, 0.1) is 6.61 Å². The molecule has 1 amide bonds. The van der Waals surface area contributed by atoms with E-state index in [9.17, 15) is 9.59 Å². The highest BCUT2D eigenvalue weighted by molar-refractivity contribution is 6.32. The lowest BCUT2D eigenvalue weighted by atomic mass is 10.1. The number of ether oxygens (including phenoxy) is 1. The fraction of sp³-hybridized carbons (Fsp3) is 0.579. The van der Waals surface area contributed by atoms with Gasteiger partial charge in [-0.25, -0.2) is 4.79 Å². The Morgan fingerprint density at radius 2 is 1.61 bits per heavy atom. The van der Waals surface area contributed by atoms with Crippen molar-refractivity contribution in [3.8, 4) is 0 Å². The lowest BCUT2D eigenvalue weighted by Crippen LogP contribution is -2.34. The number of hydrogen-bond acceptors (Lipinski definition) is 3. The number of carbonyl (C=O) groups excluding carboxylic acids is 2. The summed E-state index contributed by atoms with van der Waals surface area (Å²) in [4.78, 5) is 23.1. The molecule has 23 heavy (non-hydrogen) atoms. The molecule has 1 aromatic carbocycles. The molecule has 0 bridgehead atoms. The van der Waals surface area contributed by atoms with Crippen molar-refractivity contribution in [3.05, 3.63) is 35.9 Å². The topological polar surface area (TPSA) is 55.4 Å². The monoisotopic (exact) mass is 319 g/mol. The Labute approximate surface area is 139 Å². The Balaban J connectivity index is 2.00. The zero-order valence-electron chi connectivity index (χ0n) is 14.2. The van der Waals surface area contributed by atoms with Gasteiger partial charge in [0.25, 0.3) is 0 Å². The molecule has 0 aromatic heterocycles. The van der Waals surface area contributed by atoms with Gasteiger partial charge in [0.1, 0.15) is 0 Å². The van der Waals surface area contributed by atoms with E-state index < -0.39 is 11.9 Å². The van der Waals surface area contributed by atoms with E-state index in [-0.39, 0.29) is 0 Å². The number of esters is 1. The molecule has 0 spiro atoms. The van der Waals surface area contributed by atoms with Crippen molar-refractivity contribution in [3.63, 3.8) is 0 Å². The number of rotatable bonds is 11. The highest BCUT2D eigenvalue weighted by Gasteiger charge is 2.13. The first-order valence-corrected chi connectivity index (χ1v) is 8.73. The Morgan fingerprint density at radius 1 is 0.957 bits per heavy atom. The molecule has 0 aliphatic carbocycles. The molecule has 4 nitrogen and oxygen atoms in total. The average molecular weight is 319 g/mol. The highest BCUT2D eigenvalue weighted by Crippen LogP contribution is 2.06. The minimum atomic E-state index is -0.774. The van der Waals surface area contributed by atoms with Crippen LogP contribution in [0.1, 0.15) is 57.4 Å².